The van der Waals surface area contributed by atoms with Gasteiger partial charge in [0.1, 0.15) is 29.2 Å². The number of rotatable bonds is 8. The quantitative estimate of drug-likeness (QED) is 0.449. The van der Waals surface area contributed by atoms with E-state index in [1.54, 1.807) is 64.1 Å². The van der Waals surface area contributed by atoms with Crippen molar-refractivity contribution in [3.63, 3.8) is 0 Å². The molecule has 2 rings (SSSR count). The zero-order chi connectivity index (χ0) is 26.3. The number of phenols is 1. The summed E-state index contributed by atoms with van der Waals surface area (Å²) < 4.78 is 10.3. The molecule has 2 unspecified atom stereocenters. The second-order valence-corrected chi connectivity index (χ2v) is 8.96. The Morgan fingerprint density at radius 1 is 1.09 bits per heavy atom. The molecule has 0 saturated carbocycles. The highest BCUT2D eigenvalue weighted by atomic mass is 16.6. The number of aryl methyl sites for hydroxylation is 1. The molecule has 2 aromatic rings. The zero-order valence-corrected chi connectivity index (χ0v) is 20.8. The lowest BCUT2D eigenvalue weighted by atomic mass is 10.00. The number of hydrogen-bond donors (Lipinski definition) is 4. The minimum Gasteiger partial charge on any atom is -0.507 e. The molecule has 10 nitrogen and oxygen atoms in total. The van der Waals surface area contributed by atoms with Crippen LogP contribution in [0, 0.1) is 6.92 Å². The van der Waals surface area contributed by atoms with Crippen LogP contribution < -0.4 is 15.4 Å². The van der Waals surface area contributed by atoms with Crippen molar-refractivity contribution in [1.82, 2.24) is 10.2 Å². The number of alkyl carbamates (subject to hydrolysis) is 1. The maximum Gasteiger partial charge on any atom is 0.408 e. The monoisotopic (exact) mass is 487 g/mol. The van der Waals surface area contributed by atoms with Gasteiger partial charge in [0.05, 0.1) is 13.7 Å². The van der Waals surface area contributed by atoms with Crippen LogP contribution in [0.5, 0.6) is 11.5 Å². The van der Waals surface area contributed by atoms with Crippen molar-refractivity contribution >= 4 is 23.6 Å². The minimum absolute atomic E-state index is 0.150. The largest absolute Gasteiger partial charge is 0.507 e. The van der Waals surface area contributed by atoms with Crippen LogP contribution in [0.25, 0.3) is 0 Å². The minimum atomic E-state index is -1.38. The number of methoxy groups -OCH3 is 1. The number of hydrogen-bond acceptors (Lipinski definition) is 7. The molecule has 3 amide bonds. The number of carbonyl (C=O) groups excluding carboxylic acids is 3. The number of nitrogens with zero attached hydrogens (tertiary/aromatic N) is 1. The molecule has 4 N–H and O–H groups in total. The molecule has 2 atom stereocenters. The van der Waals surface area contributed by atoms with Gasteiger partial charge in [-0.3, -0.25) is 9.59 Å². The van der Waals surface area contributed by atoms with E-state index in [2.05, 4.69) is 10.6 Å². The van der Waals surface area contributed by atoms with E-state index in [1.165, 1.54) is 20.2 Å². The van der Waals surface area contributed by atoms with Gasteiger partial charge in [-0.15, -0.1) is 0 Å². The molecule has 0 aliphatic carbocycles. The molecule has 0 radical (unpaired) electrons. The number of ether oxygens (including phenoxy) is 2. The third kappa shape index (κ3) is 7.35. The second kappa shape index (κ2) is 11.6. The van der Waals surface area contributed by atoms with E-state index in [4.69, 9.17) is 9.47 Å². The number of anilines is 1. The fraction of sp³-hybridized carbons (Fsp3) is 0.400. The summed E-state index contributed by atoms with van der Waals surface area (Å²) in [6, 6.07) is 8.78. The van der Waals surface area contributed by atoms with Gasteiger partial charge in [0, 0.05) is 18.3 Å². The fourth-order valence-corrected chi connectivity index (χ4v) is 3.32. The number of carbonyl (C=O) groups is 3. The van der Waals surface area contributed by atoms with Gasteiger partial charge < -0.3 is 35.2 Å². The number of para-hydroxylation sites is 1. The lowest BCUT2D eigenvalue weighted by Gasteiger charge is -2.31. The first-order valence-electron chi connectivity index (χ1n) is 11.0. The van der Waals surface area contributed by atoms with Crippen LogP contribution in [0.4, 0.5) is 10.5 Å². The SMILES string of the molecule is COc1ccc(NC(=O)C(c2cccc(C)c2O)N(C)C(=O)C(CO)NC(=O)OC(C)(C)C)cc1. The second-order valence-electron chi connectivity index (χ2n) is 8.96. The van der Waals surface area contributed by atoms with Crippen molar-refractivity contribution in [1.29, 1.82) is 0 Å². The van der Waals surface area contributed by atoms with Crippen molar-refractivity contribution in [2.75, 3.05) is 26.1 Å². The van der Waals surface area contributed by atoms with Crippen LogP contribution in [-0.4, -0.2) is 65.4 Å². The summed E-state index contributed by atoms with van der Waals surface area (Å²) >= 11 is 0. The van der Waals surface area contributed by atoms with Crippen LogP contribution >= 0.6 is 0 Å². The molecule has 0 bridgehead atoms. The van der Waals surface area contributed by atoms with E-state index in [9.17, 15) is 24.6 Å². The first-order chi connectivity index (χ1) is 16.4. The van der Waals surface area contributed by atoms with E-state index >= 15 is 0 Å². The third-order valence-corrected chi connectivity index (χ3v) is 5.08. The van der Waals surface area contributed by atoms with Crippen molar-refractivity contribution in [2.45, 2.75) is 45.4 Å². The van der Waals surface area contributed by atoms with Gasteiger partial charge >= 0.3 is 6.09 Å². The highest BCUT2D eigenvalue weighted by molar-refractivity contribution is 5.99. The van der Waals surface area contributed by atoms with E-state index < -0.39 is 42.2 Å². The average molecular weight is 488 g/mol. The lowest BCUT2D eigenvalue weighted by Crippen LogP contribution is -2.52. The molecule has 0 heterocycles. The molecular weight excluding hydrogens is 454 g/mol. The predicted molar refractivity (Wildman–Crippen MR) is 130 cm³/mol. The van der Waals surface area contributed by atoms with Crippen LogP contribution in [-0.2, 0) is 14.3 Å². The Hall–Kier alpha value is -3.79. The highest BCUT2D eigenvalue weighted by Crippen LogP contribution is 2.32. The number of aromatic hydroxyl groups is 1. The lowest BCUT2D eigenvalue weighted by molar-refractivity contribution is -0.139. The van der Waals surface area contributed by atoms with E-state index in [0.29, 0.717) is 17.0 Å². The third-order valence-electron chi connectivity index (χ3n) is 5.08. The van der Waals surface area contributed by atoms with Gasteiger partial charge in [-0.05, 0) is 57.5 Å². The standard InChI is InChI=1S/C25H33N3O7/c1-15-8-7-9-18(21(15)30)20(22(31)26-16-10-12-17(34-6)13-11-16)28(5)23(32)19(14-29)27-24(33)35-25(2,3)4/h7-13,19-20,29-30H,14H2,1-6H3,(H,26,31)(H,27,33). The summed E-state index contributed by atoms with van der Waals surface area (Å²) in [6.45, 7) is 5.92. The van der Waals surface area contributed by atoms with Crippen LogP contribution in [0.3, 0.4) is 0 Å². The van der Waals surface area contributed by atoms with Crippen LogP contribution in [0.1, 0.15) is 37.9 Å². The van der Waals surface area contributed by atoms with Crippen molar-refractivity contribution < 1.29 is 34.1 Å². The summed E-state index contributed by atoms with van der Waals surface area (Å²) in [5, 5.41) is 25.5. The fourth-order valence-electron chi connectivity index (χ4n) is 3.32. The number of phenolic OH excluding ortho intramolecular Hbond substituents is 1. The van der Waals surface area contributed by atoms with Gasteiger partial charge in [-0.1, -0.05) is 18.2 Å². The highest BCUT2D eigenvalue weighted by Gasteiger charge is 2.35. The summed E-state index contributed by atoms with van der Waals surface area (Å²) in [7, 11) is 2.87. The van der Waals surface area contributed by atoms with Gasteiger partial charge in [0.25, 0.3) is 5.91 Å². The Kier molecular flexibility index (Phi) is 9.07. The number of nitrogens with one attached hydrogen (secondary N) is 2. The summed E-state index contributed by atoms with van der Waals surface area (Å²) in [5.74, 6) is -0.917. The van der Waals surface area contributed by atoms with Crippen molar-refractivity contribution in [3.8, 4) is 11.5 Å². The maximum absolute atomic E-state index is 13.4. The van der Waals surface area contributed by atoms with Crippen molar-refractivity contribution in [2.24, 2.45) is 0 Å². The number of likely N-dealkylation sites (N-methyl/N-ethyl adjacent to an activating group) is 1. The number of amides is 3. The summed E-state index contributed by atoms with van der Waals surface area (Å²) in [5.41, 5.74) is 0.323. The number of aliphatic hydroxyl groups excluding tert-OH is 1. The molecule has 0 spiro atoms. The normalized spacial score (nSPS) is 12.8. The van der Waals surface area contributed by atoms with Gasteiger partial charge in [0.2, 0.25) is 5.91 Å². The predicted octanol–water partition coefficient (Wildman–Crippen LogP) is 2.73. The summed E-state index contributed by atoms with van der Waals surface area (Å²) in [6.07, 6.45) is -0.893. The Balaban J connectivity index is 2.37. The molecule has 35 heavy (non-hydrogen) atoms. The first-order valence-corrected chi connectivity index (χ1v) is 11.0. The molecule has 0 fully saturated rings. The molecule has 0 aromatic heterocycles. The molecular formula is C25H33N3O7. The van der Waals surface area contributed by atoms with Crippen LogP contribution in [0.2, 0.25) is 0 Å². The average Bonchev–Trinajstić information content (AvgIpc) is 2.79. The molecule has 2 aromatic carbocycles. The van der Waals surface area contributed by atoms with E-state index in [-0.39, 0.29) is 11.3 Å². The van der Waals surface area contributed by atoms with E-state index in [0.717, 1.165) is 4.90 Å². The molecule has 10 heteroatoms. The van der Waals surface area contributed by atoms with Gasteiger partial charge in [-0.2, -0.15) is 0 Å². The maximum atomic E-state index is 13.4. The molecule has 190 valence electrons. The smallest absolute Gasteiger partial charge is 0.408 e. The summed E-state index contributed by atoms with van der Waals surface area (Å²) in [4.78, 5) is 39.9. The Morgan fingerprint density at radius 3 is 2.26 bits per heavy atom. The molecule has 0 aliphatic rings. The Bertz CT molecular complexity index is 1050. The first kappa shape index (κ1) is 27.5. The van der Waals surface area contributed by atoms with Gasteiger partial charge in [0.15, 0.2) is 0 Å². The topological polar surface area (TPSA) is 137 Å². The van der Waals surface area contributed by atoms with Crippen LogP contribution in [0.15, 0.2) is 42.5 Å². The van der Waals surface area contributed by atoms with Gasteiger partial charge in [-0.25, -0.2) is 4.79 Å². The molecule has 0 saturated heterocycles. The van der Waals surface area contributed by atoms with E-state index in [1.807, 2.05) is 0 Å². The molecule has 0 aliphatic heterocycles. The number of benzene rings is 2. The Morgan fingerprint density at radius 2 is 1.71 bits per heavy atom. The zero-order valence-electron chi connectivity index (χ0n) is 20.8. The van der Waals surface area contributed by atoms with Crippen molar-refractivity contribution in [3.05, 3.63) is 53.6 Å². The number of aliphatic hydroxyl groups is 1. The Labute approximate surface area is 204 Å².